The van der Waals surface area contributed by atoms with Crippen molar-refractivity contribution in [3.8, 4) is 0 Å². The van der Waals surface area contributed by atoms with Crippen LogP contribution in [0.5, 0.6) is 0 Å². The van der Waals surface area contributed by atoms with Gasteiger partial charge in [0.1, 0.15) is 19.3 Å². The Bertz CT molecular complexity index is 2180. The third kappa shape index (κ3) is 72.8. The molecule has 19 heteroatoms. The number of hydrogen-bond acceptors (Lipinski definition) is 15. The van der Waals surface area contributed by atoms with E-state index in [1.54, 1.807) is 0 Å². The second-order valence-corrected chi connectivity index (χ2v) is 29.9. The summed E-state index contributed by atoms with van der Waals surface area (Å²) in [5.74, 6) is -2.22. The maximum atomic E-state index is 13.1. The average molecular weight is 1450 g/mol. The van der Waals surface area contributed by atoms with Gasteiger partial charge in [-0.2, -0.15) is 0 Å². The average Bonchev–Trinajstić information content (AvgIpc) is 1.13. The molecule has 0 bridgehead atoms. The molecule has 17 nitrogen and oxygen atoms in total. The summed E-state index contributed by atoms with van der Waals surface area (Å²) in [6.45, 7) is 4.81. The zero-order valence-corrected chi connectivity index (χ0v) is 65.4. The van der Waals surface area contributed by atoms with Crippen molar-refractivity contribution in [1.82, 2.24) is 0 Å². The lowest BCUT2D eigenvalue weighted by Gasteiger charge is -2.21. The second-order valence-electron chi connectivity index (χ2n) is 27.0. The Balaban J connectivity index is 5.38. The molecule has 0 saturated heterocycles. The summed E-state index contributed by atoms with van der Waals surface area (Å²) >= 11 is 0. The Hall–Kier alpha value is -3.50. The number of aliphatic hydroxyl groups is 1. The molecule has 0 saturated carbocycles. The van der Waals surface area contributed by atoms with Crippen LogP contribution in [0.4, 0.5) is 0 Å². The third-order valence-corrected chi connectivity index (χ3v) is 19.1. The zero-order chi connectivity index (χ0) is 73.2. The van der Waals surface area contributed by atoms with Crippen molar-refractivity contribution >= 4 is 39.5 Å². The van der Waals surface area contributed by atoms with Crippen LogP contribution >= 0.6 is 15.6 Å². The number of rotatable bonds is 76. The van der Waals surface area contributed by atoms with Crippen LogP contribution in [-0.2, 0) is 65.4 Å². The van der Waals surface area contributed by atoms with E-state index < -0.39 is 97.5 Å². The first-order chi connectivity index (χ1) is 48.7. The minimum absolute atomic E-state index is 0.0230. The predicted octanol–water partition coefficient (Wildman–Crippen LogP) is 23.2. The molecule has 582 valence electrons. The number of carbonyl (C=O) groups excluding carboxylic acids is 4. The van der Waals surface area contributed by atoms with Crippen LogP contribution in [0, 0.1) is 0 Å². The van der Waals surface area contributed by atoms with Gasteiger partial charge in [-0.1, -0.05) is 312 Å². The highest BCUT2D eigenvalue weighted by Crippen LogP contribution is 2.45. The van der Waals surface area contributed by atoms with E-state index in [4.69, 9.17) is 37.0 Å². The summed E-state index contributed by atoms with van der Waals surface area (Å²) in [5.41, 5.74) is 0. The Morgan fingerprint density at radius 3 is 0.810 bits per heavy atom. The molecule has 0 spiro atoms. The van der Waals surface area contributed by atoms with Crippen LogP contribution in [0.2, 0.25) is 0 Å². The van der Waals surface area contributed by atoms with E-state index in [0.29, 0.717) is 32.1 Å². The summed E-state index contributed by atoms with van der Waals surface area (Å²) < 4.78 is 68.5. The van der Waals surface area contributed by atoms with Crippen molar-refractivity contribution < 1.29 is 80.2 Å². The van der Waals surface area contributed by atoms with E-state index >= 15 is 0 Å². The summed E-state index contributed by atoms with van der Waals surface area (Å²) in [5, 5.41) is 10.6. The molecular weight excluding hydrogens is 1310 g/mol. The van der Waals surface area contributed by atoms with Crippen LogP contribution < -0.4 is 0 Å². The molecule has 0 radical (unpaired) electrons. The quantitative estimate of drug-likeness (QED) is 0.0169. The smallest absolute Gasteiger partial charge is 0.462 e. The van der Waals surface area contributed by atoms with E-state index in [1.807, 2.05) is 12.2 Å². The lowest BCUT2D eigenvalue weighted by Crippen LogP contribution is -2.30. The van der Waals surface area contributed by atoms with Crippen molar-refractivity contribution in [1.29, 1.82) is 0 Å². The molecule has 0 aliphatic carbocycles. The molecule has 0 amide bonds. The Labute approximate surface area is 609 Å². The molecule has 0 fully saturated rings. The number of hydrogen-bond donors (Lipinski definition) is 3. The molecule has 0 heterocycles. The van der Waals surface area contributed by atoms with Gasteiger partial charge >= 0.3 is 39.5 Å². The van der Waals surface area contributed by atoms with Crippen molar-refractivity contribution in [2.45, 2.75) is 380 Å². The van der Waals surface area contributed by atoms with Gasteiger partial charge in [0.05, 0.1) is 26.4 Å². The number of ether oxygens (including phenoxy) is 4. The molecule has 2 unspecified atom stereocenters. The van der Waals surface area contributed by atoms with Crippen LogP contribution in [0.25, 0.3) is 0 Å². The standard InChI is InChI=1S/C81H146O17P2/c1-5-9-13-17-21-25-29-33-36-37-40-44-48-52-56-60-64-68-81(86)98-76(71-91-78(83)65-61-57-53-49-45-41-32-28-24-20-16-12-8-4)73-95-99(87,88)93-69-75(82)70-94-100(89,90)96-74-77(97-80(85)67-63-59-55-51-47-43-39-35-31-27-23-19-15-11-7-3)72-92-79(84)66-62-58-54-50-46-42-38-34-30-26-22-18-14-10-6-2/h21,23,25,27,33,35-36,39-40,44,52,56,75-77,82H,5-20,22,24,26,28-32,34,37-38,41-43,45-51,53-55,57-74H2,1-4H3,(H,87,88)(H,89,90)/b25-21-,27-23-,36-33-,39-35-,44-40-,56-52-/t75-,76+,77+/m0/s1. The normalized spacial score (nSPS) is 14.3. The number of carbonyl (C=O) groups is 4. The van der Waals surface area contributed by atoms with Gasteiger partial charge in [0.15, 0.2) is 12.2 Å². The third-order valence-electron chi connectivity index (χ3n) is 17.2. The lowest BCUT2D eigenvalue weighted by atomic mass is 10.0. The van der Waals surface area contributed by atoms with E-state index in [-0.39, 0.29) is 25.7 Å². The van der Waals surface area contributed by atoms with E-state index in [2.05, 4.69) is 88.5 Å². The first-order valence-electron chi connectivity index (χ1n) is 40.2. The predicted molar refractivity (Wildman–Crippen MR) is 409 cm³/mol. The highest BCUT2D eigenvalue weighted by atomic mass is 31.2. The largest absolute Gasteiger partial charge is 0.472 e. The highest BCUT2D eigenvalue weighted by molar-refractivity contribution is 7.47. The topological polar surface area (TPSA) is 237 Å². The zero-order valence-electron chi connectivity index (χ0n) is 63.6. The van der Waals surface area contributed by atoms with Crippen molar-refractivity contribution in [3.63, 3.8) is 0 Å². The molecule has 0 aromatic carbocycles. The maximum Gasteiger partial charge on any atom is 0.472 e. The van der Waals surface area contributed by atoms with Gasteiger partial charge in [-0.3, -0.25) is 37.3 Å². The van der Waals surface area contributed by atoms with Gasteiger partial charge < -0.3 is 33.8 Å². The first kappa shape index (κ1) is 96.5. The van der Waals surface area contributed by atoms with E-state index in [1.165, 1.54) is 167 Å². The summed E-state index contributed by atoms with van der Waals surface area (Å²) in [6, 6.07) is 0. The number of esters is 4. The molecule has 0 aliphatic rings. The van der Waals surface area contributed by atoms with Gasteiger partial charge in [-0.05, 0) is 96.3 Å². The fourth-order valence-corrected chi connectivity index (χ4v) is 12.6. The fourth-order valence-electron chi connectivity index (χ4n) is 11.0. The monoisotopic (exact) mass is 1450 g/mol. The number of allylic oxidation sites excluding steroid dienone is 12. The van der Waals surface area contributed by atoms with Crippen molar-refractivity contribution in [3.05, 3.63) is 72.9 Å². The van der Waals surface area contributed by atoms with Gasteiger partial charge in [-0.25, -0.2) is 9.13 Å². The van der Waals surface area contributed by atoms with E-state index in [9.17, 15) is 43.2 Å². The molecule has 0 aromatic heterocycles. The van der Waals surface area contributed by atoms with Crippen LogP contribution in [0.3, 0.4) is 0 Å². The maximum absolute atomic E-state index is 13.1. The summed E-state index contributed by atoms with van der Waals surface area (Å²) in [7, 11) is -9.96. The Morgan fingerprint density at radius 2 is 0.500 bits per heavy atom. The van der Waals surface area contributed by atoms with Crippen LogP contribution in [0.15, 0.2) is 72.9 Å². The van der Waals surface area contributed by atoms with Crippen LogP contribution in [0.1, 0.15) is 362 Å². The number of aliphatic hydroxyl groups excluding tert-OH is 1. The molecule has 0 aromatic rings. The molecule has 3 N–H and O–H groups in total. The first-order valence-corrected chi connectivity index (χ1v) is 43.2. The second kappa shape index (κ2) is 73.8. The van der Waals surface area contributed by atoms with Gasteiger partial charge in [0, 0.05) is 25.7 Å². The molecular formula is C81H146O17P2. The summed E-state index contributed by atoms with van der Waals surface area (Å²) in [6.07, 6.45) is 74.5. The van der Waals surface area contributed by atoms with E-state index in [0.717, 1.165) is 109 Å². The fraction of sp³-hybridized carbons (Fsp3) is 0.802. The number of phosphoric acid groups is 2. The Kier molecular flexibility index (Phi) is 71.2. The van der Waals surface area contributed by atoms with Crippen molar-refractivity contribution in [2.75, 3.05) is 39.6 Å². The summed E-state index contributed by atoms with van der Waals surface area (Å²) in [4.78, 5) is 72.9. The highest BCUT2D eigenvalue weighted by Gasteiger charge is 2.30. The minimum atomic E-state index is -4.98. The number of unbranched alkanes of at least 4 members (excludes halogenated alkanes) is 38. The SMILES string of the molecule is CCCCC/C=C\C/C=C\C/C=C\C/C=C\CCCC(=O)O[C@H](COC(=O)CCCCCCCCCCCCCCC)COP(=O)(O)OC[C@H](O)COP(=O)(O)OC[C@@H](COC(=O)CCCCCCCCCCCCCCCCC)OC(=O)CCCCCCC/C=C\C/C=C\CCCCC. The van der Waals surface area contributed by atoms with Crippen LogP contribution in [-0.4, -0.2) is 96.7 Å². The van der Waals surface area contributed by atoms with Gasteiger partial charge in [0.2, 0.25) is 0 Å². The lowest BCUT2D eigenvalue weighted by molar-refractivity contribution is -0.161. The Morgan fingerprint density at radius 1 is 0.280 bits per heavy atom. The van der Waals surface area contributed by atoms with Gasteiger partial charge in [-0.15, -0.1) is 0 Å². The minimum Gasteiger partial charge on any atom is -0.462 e. The molecule has 5 atom stereocenters. The number of phosphoric ester groups is 2. The van der Waals surface area contributed by atoms with Crippen molar-refractivity contribution in [2.24, 2.45) is 0 Å². The molecule has 0 rings (SSSR count). The van der Waals surface area contributed by atoms with Gasteiger partial charge in [0.25, 0.3) is 0 Å². The molecule has 0 aliphatic heterocycles. The molecule has 100 heavy (non-hydrogen) atoms.